The lowest BCUT2D eigenvalue weighted by molar-refractivity contribution is -0.384. The highest BCUT2D eigenvalue weighted by Crippen LogP contribution is 2.30. The summed E-state index contributed by atoms with van der Waals surface area (Å²) in [6, 6.07) is 2.98. The van der Waals surface area contributed by atoms with Gasteiger partial charge in [-0.2, -0.15) is 0 Å². The molecule has 1 aliphatic rings. The summed E-state index contributed by atoms with van der Waals surface area (Å²) in [4.78, 5) is 34.3. The van der Waals surface area contributed by atoms with Gasteiger partial charge in [0.2, 0.25) is 0 Å². The third-order valence-corrected chi connectivity index (χ3v) is 4.21. The van der Waals surface area contributed by atoms with Crippen LogP contribution < -0.4 is 5.32 Å². The first-order valence-corrected chi connectivity index (χ1v) is 7.61. The second kappa shape index (κ2) is 7.21. The topological polar surface area (TPSA) is 98.5 Å². The van der Waals surface area contributed by atoms with Crippen molar-refractivity contribution in [2.24, 2.45) is 5.92 Å². The Morgan fingerprint density at radius 3 is 2.57 bits per heavy atom. The Hall–Kier alpha value is -2.44. The van der Waals surface area contributed by atoms with E-state index in [1.54, 1.807) is 19.9 Å². The lowest BCUT2D eigenvalue weighted by Gasteiger charge is -2.12. The maximum Gasteiger partial charge on any atom is 0.309 e. The molecule has 1 aromatic rings. The number of carbonyl (C=O) groups is 2. The van der Waals surface area contributed by atoms with E-state index < -0.39 is 17.4 Å². The molecule has 7 nitrogen and oxygen atoms in total. The van der Waals surface area contributed by atoms with E-state index in [9.17, 15) is 19.7 Å². The third-order valence-electron chi connectivity index (χ3n) is 4.21. The zero-order valence-corrected chi connectivity index (χ0v) is 13.3. The van der Waals surface area contributed by atoms with Crippen LogP contribution in [0.25, 0.3) is 0 Å². The molecule has 0 heterocycles. The first-order chi connectivity index (χ1) is 10.9. The molecule has 1 aliphatic carbocycles. The van der Waals surface area contributed by atoms with Crippen LogP contribution in [-0.2, 0) is 14.3 Å². The van der Waals surface area contributed by atoms with Crippen LogP contribution in [-0.4, -0.2) is 23.4 Å². The van der Waals surface area contributed by atoms with E-state index in [-0.39, 0.29) is 23.3 Å². The SMILES string of the molecule is Cc1ccc([N+](=O)[O-])c(NC(=O)COC(=O)C2CCCC2)c1C. The molecule has 124 valence electrons. The smallest absolute Gasteiger partial charge is 0.309 e. The number of carbonyl (C=O) groups excluding carboxylic acids is 2. The maximum atomic E-state index is 12.0. The molecule has 0 aliphatic heterocycles. The summed E-state index contributed by atoms with van der Waals surface area (Å²) in [7, 11) is 0. The van der Waals surface area contributed by atoms with Crippen molar-refractivity contribution in [2.45, 2.75) is 39.5 Å². The first kappa shape index (κ1) is 16.9. The Balaban J connectivity index is 2.01. The molecule has 0 bridgehead atoms. The molecular weight excluding hydrogens is 300 g/mol. The van der Waals surface area contributed by atoms with Crippen LogP contribution in [0.5, 0.6) is 0 Å². The number of amides is 1. The van der Waals surface area contributed by atoms with Gasteiger partial charge in [0, 0.05) is 6.07 Å². The molecule has 0 aromatic heterocycles. The van der Waals surface area contributed by atoms with E-state index in [0.717, 1.165) is 31.2 Å². The van der Waals surface area contributed by atoms with E-state index >= 15 is 0 Å². The number of hydrogen-bond donors (Lipinski definition) is 1. The second-order valence-electron chi connectivity index (χ2n) is 5.80. The fourth-order valence-corrected chi connectivity index (χ4v) is 2.70. The molecule has 1 fully saturated rings. The minimum absolute atomic E-state index is 0.127. The van der Waals surface area contributed by atoms with Crippen LogP contribution >= 0.6 is 0 Å². The largest absolute Gasteiger partial charge is 0.455 e. The first-order valence-electron chi connectivity index (χ1n) is 7.61. The number of anilines is 1. The number of nitro benzene ring substituents is 1. The van der Waals surface area contributed by atoms with Gasteiger partial charge in [0.25, 0.3) is 11.6 Å². The highest BCUT2D eigenvalue weighted by atomic mass is 16.6. The summed E-state index contributed by atoms with van der Waals surface area (Å²) in [5, 5.41) is 13.6. The van der Waals surface area contributed by atoms with Crippen LogP contribution in [0, 0.1) is 29.9 Å². The number of nitrogens with zero attached hydrogens (tertiary/aromatic N) is 1. The number of benzene rings is 1. The molecule has 1 amide bonds. The summed E-state index contributed by atoms with van der Waals surface area (Å²) in [6.07, 6.45) is 3.59. The Bertz CT molecular complexity index is 636. The van der Waals surface area contributed by atoms with Gasteiger partial charge < -0.3 is 10.1 Å². The molecular formula is C16H20N2O5. The van der Waals surface area contributed by atoms with Crippen LogP contribution in [0.15, 0.2) is 12.1 Å². The Morgan fingerprint density at radius 2 is 1.96 bits per heavy atom. The summed E-state index contributed by atoms with van der Waals surface area (Å²) < 4.78 is 5.01. The lowest BCUT2D eigenvalue weighted by atomic mass is 10.1. The van der Waals surface area contributed by atoms with Gasteiger partial charge in [-0.3, -0.25) is 19.7 Å². The zero-order chi connectivity index (χ0) is 17.0. The van der Waals surface area contributed by atoms with Gasteiger partial charge in [0.1, 0.15) is 5.69 Å². The lowest BCUT2D eigenvalue weighted by Crippen LogP contribution is -2.24. The molecule has 2 rings (SSSR count). The van der Waals surface area contributed by atoms with Gasteiger partial charge in [0.15, 0.2) is 6.61 Å². The van der Waals surface area contributed by atoms with Gasteiger partial charge in [-0.25, -0.2) is 0 Å². The van der Waals surface area contributed by atoms with Crippen LogP contribution in [0.4, 0.5) is 11.4 Å². The molecule has 7 heteroatoms. The van der Waals surface area contributed by atoms with Crippen molar-refractivity contribution < 1.29 is 19.2 Å². The highest BCUT2D eigenvalue weighted by molar-refractivity contribution is 5.96. The predicted molar refractivity (Wildman–Crippen MR) is 84.1 cm³/mol. The summed E-state index contributed by atoms with van der Waals surface area (Å²) in [6.45, 7) is 3.07. The quantitative estimate of drug-likeness (QED) is 0.511. The van der Waals surface area contributed by atoms with E-state index in [1.165, 1.54) is 6.07 Å². The fourth-order valence-electron chi connectivity index (χ4n) is 2.70. The van der Waals surface area contributed by atoms with Crippen molar-refractivity contribution in [3.63, 3.8) is 0 Å². The molecule has 1 N–H and O–H groups in total. The second-order valence-corrected chi connectivity index (χ2v) is 5.80. The van der Waals surface area contributed by atoms with Gasteiger partial charge in [-0.15, -0.1) is 0 Å². The van der Waals surface area contributed by atoms with Crippen molar-refractivity contribution in [1.82, 2.24) is 0 Å². The van der Waals surface area contributed by atoms with Crippen LogP contribution in [0.2, 0.25) is 0 Å². The molecule has 23 heavy (non-hydrogen) atoms. The molecule has 0 unspecified atom stereocenters. The number of rotatable bonds is 5. The molecule has 1 saturated carbocycles. The van der Waals surface area contributed by atoms with Crippen molar-refractivity contribution in [1.29, 1.82) is 0 Å². The van der Waals surface area contributed by atoms with E-state index in [1.807, 2.05) is 0 Å². The van der Waals surface area contributed by atoms with Gasteiger partial charge in [-0.05, 0) is 37.8 Å². The Kier molecular flexibility index (Phi) is 5.31. The number of hydrogen-bond acceptors (Lipinski definition) is 5. The minimum atomic E-state index is -0.576. The average Bonchev–Trinajstić information content (AvgIpc) is 3.03. The van der Waals surface area contributed by atoms with E-state index in [4.69, 9.17) is 4.74 Å². The number of nitro groups is 1. The standard InChI is InChI=1S/C16H20N2O5/c1-10-7-8-13(18(21)22)15(11(10)2)17-14(19)9-23-16(20)12-5-3-4-6-12/h7-8,12H,3-6,9H2,1-2H3,(H,17,19). The zero-order valence-electron chi connectivity index (χ0n) is 13.3. The Morgan fingerprint density at radius 1 is 1.30 bits per heavy atom. The van der Waals surface area contributed by atoms with Gasteiger partial charge >= 0.3 is 5.97 Å². The third kappa shape index (κ3) is 4.06. The Labute approximate surface area is 134 Å². The average molecular weight is 320 g/mol. The highest BCUT2D eigenvalue weighted by Gasteiger charge is 2.25. The van der Waals surface area contributed by atoms with Crippen molar-refractivity contribution in [3.8, 4) is 0 Å². The number of esters is 1. The molecule has 0 atom stereocenters. The minimum Gasteiger partial charge on any atom is -0.455 e. The van der Waals surface area contributed by atoms with E-state index in [2.05, 4.69) is 5.32 Å². The van der Waals surface area contributed by atoms with Crippen molar-refractivity contribution in [2.75, 3.05) is 11.9 Å². The molecule has 0 saturated heterocycles. The predicted octanol–water partition coefficient (Wildman–Crippen LogP) is 2.88. The normalized spacial score (nSPS) is 14.5. The number of ether oxygens (including phenoxy) is 1. The summed E-state index contributed by atoms with van der Waals surface area (Å²) in [5.74, 6) is -1.07. The van der Waals surface area contributed by atoms with Crippen LogP contribution in [0.1, 0.15) is 36.8 Å². The monoisotopic (exact) mass is 320 g/mol. The molecule has 0 radical (unpaired) electrons. The number of aryl methyl sites for hydroxylation is 1. The number of nitrogens with one attached hydrogen (secondary N) is 1. The van der Waals surface area contributed by atoms with Gasteiger partial charge in [-0.1, -0.05) is 18.9 Å². The molecule has 1 aromatic carbocycles. The molecule has 0 spiro atoms. The van der Waals surface area contributed by atoms with Crippen LogP contribution in [0.3, 0.4) is 0 Å². The van der Waals surface area contributed by atoms with Gasteiger partial charge in [0.05, 0.1) is 10.8 Å². The van der Waals surface area contributed by atoms with Crippen molar-refractivity contribution >= 4 is 23.3 Å². The maximum absolute atomic E-state index is 12.0. The van der Waals surface area contributed by atoms with E-state index in [0.29, 0.717) is 5.56 Å². The van der Waals surface area contributed by atoms with Crippen molar-refractivity contribution in [3.05, 3.63) is 33.4 Å². The fraction of sp³-hybridized carbons (Fsp3) is 0.500. The summed E-state index contributed by atoms with van der Waals surface area (Å²) >= 11 is 0. The summed E-state index contributed by atoms with van der Waals surface area (Å²) in [5.41, 5.74) is 1.42.